The van der Waals surface area contributed by atoms with E-state index in [2.05, 4.69) is 29.2 Å². The van der Waals surface area contributed by atoms with Gasteiger partial charge >= 0.3 is 0 Å². The molecule has 4 heteroatoms. The lowest BCUT2D eigenvalue weighted by Crippen LogP contribution is -2.17. The second-order valence-corrected chi connectivity index (χ2v) is 4.97. The maximum absolute atomic E-state index is 10.6. The Labute approximate surface area is 118 Å². The van der Waals surface area contributed by atoms with Crippen molar-refractivity contribution in [1.82, 2.24) is 0 Å². The average molecular weight is 270 g/mol. The molecule has 0 bridgehead atoms. The minimum absolute atomic E-state index is 0.256. The van der Waals surface area contributed by atoms with E-state index in [9.17, 15) is 10.1 Å². The van der Waals surface area contributed by atoms with Gasteiger partial charge in [-0.3, -0.25) is 10.1 Å². The molecule has 0 spiro atoms. The molecular formula is C16H18N2O2. The van der Waals surface area contributed by atoms with E-state index in [-0.39, 0.29) is 4.92 Å². The largest absolute Gasteiger partial charge is 0.378 e. The van der Waals surface area contributed by atoms with Crippen LogP contribution in [0.1, 0.15) is 12.0 Å². The molecular weight excluding hydrogens is 252 g/mol. The number of nitrogens with zero attached hydrogens (tertiary/aromatic N) is 2. The van der Waals surface area contributed by atoms with E-state index in [0.717, 1.165) is 16.8 Å². The Morgan fingerprint density at radius 3 is 2.45 bits per heavy atom. The molecule has 1 unspecified atom stereocenters. The molecule has 20 heavy (non-hydrogen) atoms. The number of benzene rings is 1. The van der Waals surface area contributed by atoms with Crippen molar-refractivity contribution < 1.29 is 4.92 Å². The number of hydrogen-bond donors (Lipinski definition) is 0. The topological polar surface area (TPSA) is 46.4 Å². The molecule has 0 heterocycles. The Hall–Kier alpha value is -2.36. The molecule has 0 aromatic heterocycles. The molecule has 2 rings (SSSR count). The minimum Gasteiger partial charge on any atom is -0.378 e. The van der Waals surface area contributed by atoms with Gasteiger partial charge in [0, 0.05) is 31.1 Å². The standard InChI is InChI=1S/C16H18N2O2/c1-17(2)15-9-5-13(6-10-15)3-4-14-7-11-16(12-8-14)18(19)20/h3-11,16H,12H2,1-2H3/b4-3+. The van der Waals surface area contributed by atoms with Crippen molar-refractivity contribution in [1.29, 1.82) is 0 Å². The monoisotopic (exact) mass is 270 g/mol. The smallest absolute Gasteiger partial charge is 0.235 e. The SMILES string of the molecule is CN(C)c1ccc(/C=C/C2=CCC([N+](=O)[O-])C=C2)cc1. The molecule has 0 fully saturated rings. The number of nitro groups is 1. The van der Waals surface area contributed by atoms with E-state index >= 15 is 0 Å². The molecule has 1 aliphatic carbocycles. The summed E-state index contributed by atoms with van der Waals surface area (Å²) in [6.07, 6.45) is 9.82. The van der Waals surface area contributed by atoms with Crippen LogP contribution in [0.3, 0.4) is 0 Å². The van der Waals surface area contributed by atoms with E-state index in [1.165, 1.54) is 0 Å². The fraction of sp³-hybridized carbons (Fsp3) is 0.250. The first-order valence-electron chi connectivity index (χ1n) is 6.53. The van der Waals surface area contributed by atoms with Crippen LogP contribution < -0.4 is 4.90 Å². The van der Waals surface area contributed by atoms with Gasteiger partial charge in [0.1, 0.15) is 0 Å². The third kappa shape index (κ3) is 3.57. The van der Waals surface area contributed by atoms with Crippen LogP contribution in [0.5, 0.6) is 0 Å². The highest BCUT2D eigenvalue weighted by Crippen LogP contribution is 2.17. The second kappa shape index (κ2) is 6.19. The first-order valence-corrected chi connectivity index (χ1v) is 6.53. The van der Waals surface area contributed by atoms with Gasteiger partial charge < -0.3 is 4.90 Å². The summed E-state index contributed by atoms with van der Waals surface area (Å²) in [6, 6.07) is 7.66. The molecule has 0 saturated carbocycles. The Morgan fingerprint density at radius 2 is 1.95 bits per heavy atom. The maximum atomic E-state index is 10.6. The summed E-state index contributed by atoms with van der Waals surface area (Å²) in [6.45, 7) is 0. The predicted octanol–water partition coefficient (Wildman–Crippen LogP) is 3.30. The molecule has 1 aromatic rings. The van der Waals surface area contributed by atoms with Crippen LogP contribution in [0.2, 0.25) is 0 Å². The van der Waals surface area contributed by atoms with Crippen LogP contribution in [0.4, 0.5) is 5.69 Å². The molecule has 104 valence electrons. The Bertz CT molecular complexity index is 569. The maximum Gasteiger partial charge on any atom is 0.235 e. The fourth-order valence-electron chi connectivity index (χ4n) is 1.98. The van der Waals surface area contributed by atoms with Gasteiger partial charge in [0.15, 0.2) is 0 Å². The van der Waals surface area contributed by atoms with Crippen molar-refractivity contribution in [3.8, 4) is 0 Å². The van der Waals surface area contributed by atoms with Crippen molar-refractivity contribution in [2.45, 2.75) is 12.5 Å². The Morgan fingerprint density at radius 1 is 1.25 bits per heavy atom. The van der Waals surface area contributed by atoms with Crippen molar-refractivity contribution in [2.24, 2.45) is 0 Å². The van der Waals surface area contributed by atoms with Crippen LogP contribution in [0.25, 0.3) is 6.08 Å². The summed E-state index contributed by atoms with van der Waals surface area (Å²) in [5.74, 6) is 0. The van der Waals surface area contributed by atoms with Crippen LogP contribution in [0, 0.1) is 10.1 Å². The van der Waals surface area contributed by atoms with Gasteiger partial charge in [-0.05, 0) is 29.3 Å². The van der Waals surface area contributed by atoms with Gasteiger partial charge in [-0.2, -0.15) is 0 Å². The first kappa shape index (κ1) is 14.1. The van der Waals surface area contributed by atoms with Crippen LogP contribution in [-0.2, 0) is 0 Å². The summed E-state index contributed by atoms with van der Waals surface area (Å²) in [7, 11) is 4.02. The zero-order valence-electron chi connectivity index (χ0n) is 11.7. The lowest BCUT2D eigenvalue weighted by molar-refractivity contribution is -0.508. The number of hydrogen-bond acceptors (Lipinski definition) is 3. The zero-order valence-corrected chi connectivity index (χ0v) is 11.7. The van der Waals surface area contributed by atoms with Gasteiger partial charge in [0.05, 0.1) is 0 Å². The van der Waals surface area contributed by atoms with E-state index < -0.39 is 6.04 Å². The lowest BCUT2D eigenvalue weighted by Gasteiger charge is -2.11. The molecule has 1 aliphatic rings. The fourth-order valence-corrected chi connectivity index (χ4v) is 1.98. The Balaban J connectivity index is 2.00. The van der Waals surface area contributed by atoms with E-state index in [4.69, 9.17) is 0 Å². The molecule has 0 radical (unpaired) electrons. The number of rotatable bonds is 4. The van der Waals surface area contributed by atoms with Gasteiger partial charge in [0.25, 0.3) is 0 Å². The first-order chi connectivity index (χ1) is 9.56. The lowest BCUT2D eigenvalue weighted by atomic mass is 10.0. The van der Waals surface area contributed by atoms with Gasteiger partial charge in [-0.15, -0.1) is 0 Å². The Kier molecular flexibility index (Phi) is 4.35. The molecule has 0 N–H and O–H groups in total. The highest BCUT2D eigenvalue weighted by atomic mass is 16.6. The van der Waals surface area contributed by atoms with Crippen molar-refractivity contribution in [3.63, 3.8) is 0 Å². The quantitative estimate of drug-likeness (QED) is 0.623. The second-order valence-electron chi connectivity index (χ2n) is 4.97. The van der Waals surface area contributed by atoms with Crippen molar-refractivity contribution >= 4 is 11.8 Å². The average Bonchev–Trinajstić information content (AvgIpc) is 2.46. The van der Waals surface area contributed by atoms with Crippen LogP contribution in [0.15, 0.2) is 54.1 Å². The van der Waals surface area contributed by atoms with Crippen molar-refractivity contribution in [2.75, 3.05) is 19.0 Å². The van der Waals surface area contributed by atoms with E-state index in [1.54, 1.807) is 6.08 Å². The molecule has 1 atom stereocenters. The summed E-state index contributed by atoms with van der Waals surface area (Å²) < 4.78 is 0. The zero-order chi connectivity index (χ0) is 14.5. The predicted molar refractivity (Wildman–Crippen MR) is 82.4 cm³/mol. The summed E-state index contributed by atoms with van der Waals surface area (Å²) in [5.41, 5.74) is 3.29. The summed E-state index contributed by atoms with van der Waals surface area (Å²) in [5, 5.41) is 10.6. The minimum atomic E-state index is -0.577. The third-order valence-electron chi connectivity index (χ3n) is 3.25. The number of anilines is 1. The molecule has 0 aliphatic heterocycles. The molecule has 0 amide bonds. The van der Waals surface area contributed by atoms with Gasteiger partial charge in [-0.25, -0.2) is 0 Å². The molecule has 1 aromatic carbocycles. The van der Waals surface area contributed by atoms with Crippen LogP contribution >= 0.6 is 0 Å². The normalized spacial score (nSPS) is 18.1. The van der Waals surface area contributed by atoms with Crippen LogP contribution in [-0.4, -0.2) is 25.1 Å². The molecule has 4 nitrogen and oxygen atoms in total. The van der Waals surface area contributed by atoms with Crippen molar-refractivity contribution in [3.05, 3.63) is 69.8 Å². The molecule has 0 saturated heterocycles. The van der Waals surface area contributed by atoms with Gasteiger partial charge in [-0.1, -0.05) is 36.4 Å². The van der Waals surface area contributed by atoms with Gasteiger partial charge in [0.2, 0.25) is 6.04 Å². The highest BCUT2D eigenvalue weighted by molar-refractivity contribution is 5.58. The number of allylic oxidation sites excluding steroid dienone is 3. The third-order valence-corrected chi connectivity index (χ3v) is 3.25. The summed E-state index contributed by atoms with van der Waals surface area (Å²) in [4.78, 5) is 12.4. The van der Waals surface area contributed by atoms with E-state index in [1.807, 2.05) is 38.4 Å². The highest BCUT2D eigenvalue weighted by Gasteiger charge is 2.16. The summed E-state index contributed by atoms with van der Waals surface area (Å²) >= 11 is 0. The van der Waals surface area contributed by atoms with E-state index in [0.29, 0.717) is 6.42 Å².